The number of halogens is 1. The lowest BCUT2D eigenvalue weighted by Gasteiger charge is -2.07. The fraction of sp³-hybridized carbons (Fsp3) is 0.188. The molecule has 0 atom stereocenters. The lowest BCUT2D eigenvalue weighted by Crippen LogP contribution is -2.27. The molecular formula is C16H17ClN2O2. The molecule has 0 bridgehead atoms. The van der Waals surface area contributed by atoms with Crippen molar-refractivity contribution in [2.24, 2.45) is 0 Å². The first-order valence-electron chi connectivity index (χ1n) is 6.56. The van der Waals surface area contributed by atoms with Crippen LogP contribution in [0.4, 0.5) is 5.69 Å². The van der Waals surface area contributed by atoms with E-state index in [0.717, 1.165) is 17.0 Å². The molecule has 21 heavy (non-hydrogen) atoms. The van der Waals surface area contributed by atoms with Gasteiger partial charge in [-0.15, -0.1) is 0 Å². The number of hydrogen-bond donors (Lipinski definition) is 2. The van der Waals surface area contributed by atoms with E-state index in [1.165, 1.54) is 0 Å². The highest BCUT2D eigenvalue weighted by Crippen LogP contribution is 2.14. The minimum atomic E-state index is -0.0888. The van der Waals surface area contributed by atoms with Crippen LogP contribution in [-0.2, 0) is 11.3 Å². The quantitative estimate of drug-likeness (QED) is 0.862. The summed E-state index contributed by atoms with van der Waals surface area (Å²) in [5.41, 5.74) is 1.82. The maximum absolute atomic E-state index is 11.8. The number of rotatable bonds is 6. The molecule has 5 heteroatoms. The van der Waals surface area contributed by atoms with Crippen molar-refractivity contribution in [2.45, 2.75) is 6.54 Å². The molecule has 4 nitrogen and oxygen atoms in total. The molecular weight excluding hydrogens is 288 g/mol. The molecule has 1 amide bonds. The summed E-state index contributed by atoms with van der Waals surface area (Å²) in [6.07, 6.45) is 0. The van der Waals surface area contributed by atoms with E-state index in [1.807, 2.05) is 24.3 Å². The van der Waals surface area contributed by atoms with Gasteiger partial charge >= 0.3 is 0 Å². The second-order valence-corrected chi connectivity index (χ2v) is 4.94. The van der Waals surface area contributed by atoms with Crippen molar-refractivity contribution in [1.82, 2.24) is 5.32 Å². The lowest BCUT2D eigenvalue weighted by atomic mass is 10.2. The maximum Gasteiger partial charge on any atom is 0.238 e. The lowest BCUT2D eigenvalue weighted by molar-refractivity contribution is -0.115. The van der Waals surface area contributed by atoms with Gasteiger partial charge in [-0.1, -0.05) is 23.7 Å². The average molecular weight is 305 g/mol. The molecule has 0 fully saturated rings. The van der Waals surface area contributed by atoms with Crippen molar-refractivity contribution in [2.75, 3.05) is 19.0 Å². The second-order valence-electron chi connectivity index (χ2n) is 4.51. The van der Waals surface area contributed by atoms with Gasteiger partial charge in [0.1, 0.15) is 5.75 Å². The highest BCUT2D eigenvalue weighted by molar-refractivity contribution is 6.30. The fourth-order valence-electron chi connectivity index (χ4n) is 1.80. The zero-order valence-corrected chi connectivity index (χ0v) is 12.5. The molecule has 0 aliphatic carbocycles. The third kappa shape index (κ3) is 5.10. The second kappa shape index (κ2) is 7.67. The van der Waals surface area contributed by atoms with Gasteiger partial charge in [-0.3, -0.25) is 4.79 Å². The maximum atomic E-state index is 11.8. The van der Waals surface area contributed by atoms with Gasteiger partial charge in [0, 0.05) is 17.3 Å². The number of ether oxygens (including phenoxy) is 1. The molecule has 0 heterocycles. The van der Waals surface area contributed by atoms with Crippen LogP contribution >= 0.6 is 11.6 Å². The van der Waals surface area contributed by atoms with E-state index in [2.05, 4.69) is 10.6 Å². The summed E-state index contributed by atoms with van der Waals surface area (Å²) < 4.78 is 5.06. The average Bonchev–Trinajstić information content (AvgIpc) is 2.50. The Kier molecular flexibility index (Phi) is 5.60. The molecule has 0 aromatic heterocycles. The Labute approximate surface area is 129 Å². The van der Waals surface area contributed by atoms with Crippen molar-refractivity contribution in [3.8, 4) is 5.75 Å². The molecule has 110 valence electrons. The SMILES string of the molecule is COc1ccc(NC(=O)CNCc2ccc(Cl)cc2)cc1. The summed E-state index contributed by atoms with van der Waals surface area (Å²) in [6, 6.07) is 14.7. The predicted molar refractivity (Wildman–Crippen MR) is 84.8 cm³/mol. The van der Waals surface area contributed by atoms with E-state index in [0.29, 0.717) is 11.6 Å². The van der Waals surface area contributed by atoms with Gasteiger partial charge in [-0.2, -0.15) is 0 Å². The van der Waals surface area contributed by atoms with E-state index in [-0.39, 0.29) is 12.5 Å². The van der Waals surface area contributed by atoms with Crippen LogP contribution in [0.25, 0.3) is 0 Å². The number of carbonyl (C=O) groups excluding carboxylic acids is 1. The molecule has 0 spiro atoms. The van der Waals surface area contributed by atoms with Crippen LogP contribution in [0.5, 0.6) is 5.75 Å². The van der Waals surface area contributed by atoms with Gasteiger partial charge in [-0.25, -0.2) is 0 Å². The highest BCUT2D eigenvalue weighted by Gasteiger charge is 2.02. The van der Waals surface area contributed by atoms with Gasteiger partial charge in [-0.05, 0) is 42.0 Å². The summed E-state index contributed by atoms with van der Waals surface area (Å²) in [5, 5.41) is 6.60. The molecule has 0 saturated heterocycles. The zero-order valence-electron chi connectivity index (χ0n) is 11.7. The topological polar surface area (TPSA) is 50.4 Å². The van der Waals surface area contributed by atoms with Crippen molar-refractivity contribution in [3.63, 3.8) is 0 Å². The first-order valence-corrected chi connectivity index (χ1v) is 6.94. The number of nitrogens with one attached hydrogen (secondary N) is 2. The van der Waals surface area contributed by atoms with Crippen LogP contribution in [0.15, 0.2) is 48.5 Å². The monoisotopic (exact) mass is 304 g/mol. The van der Waals surface area contributed by atoms with E-state index in [1.54, 1.807) is 31.4 Å². The van der Waals surface area contributed by atoms with Crippen LogP contribution in [0.2, 0.25) is 5.02 Å². The fourth-order valence-corrected chi connectivity index (χ4v) is 1.93. The molecule has 0 unspecified atom stereocenters. The Morgan fingerprint density at radius 2 is 1.76 bits per heavy atom. The van der Waals surface area contributed by atoms with Crippen LogP contribution in [0, 0.1) is 0 Å². The number of benzene rings is 2. The summed E-state index contributed by atoms with van der Waals surface area (Å²) in [4.78, 5) is 11.8. The minimum Gasteiger partial charge on any atom is -0.497 e. The molecule has 0 aliphatic rings. The smallest absolute Gasteiger partial charge is 0.238 e. The summed E-state index contributed by atoms with van der Waals surface area (Å²) in [6.45, 7) is 0.863. The predicted octanol–water partition coefficient (Wildman–Crippen LogP) is 3.08. The van der Waals surface area contributed by atoms with Gasteiger partial charge in [0.2, 0.25) is 5.91 Å². The number of carbonyl (C=O) groups is 1. The van der Waals surface area contributed by atoms with Crippen LogP contribution < -0.4 is 15.4 Å². The van der Waals surface area contributed by atoms with Gasteiger partial charge in [0.15, 0.2) is 0 Å². The van der Waals surface area contributed by atoms with E-state index in [9.17, 15) is 4.79 Å². The zero-order chi connectivity index (χ0) is 15.1. The number of amides is 1. The number of methoxy groups -OCH3 is 1. The molecule has 0 radical (unpaired) electrons. The summed E-state index contributed by atoms with van der Waals surface area (Å²) in [5.74, 6) is 0.669. The third-order valence-corrected chi connectivity index (χ3v) is 3.15. The van der Waals surface area contributed by atoms with Crippen LogP contribution in [-0.4, -0.2) is 19.6 Å². The van der Waals surface area contributed by atoms with E-state index < -0.39 is 0 Å². The van der Waals surface area contributed by atoms with Crippen molar-refractivity contribution < 1.29 is 9.53 Å². The Bertz CT molecular complexity index is 582. The van der Waals surface area contributed by atoms with Gasteiger partial charge in [0.25, 0.3) is 0 Å². The third-order valence-electron chi connectivity index (χ3n) is 2.90. The molecule has 2 aromatic rings. The van der Waals surface area contributed by atoms with Crippen LogP contribution in [0.3, 0.4) is 0 Å². The van der Waals surface area contributed by atoms with Gasteiger partial charge < -0.3 is 15.4 Å². The minimum absolute atomic E-state index is 0.0888. The first kappa shape index (κ1) is 15.4. The Hall–Kier alpha value is -2.04. The van der Waals surface area contributed by atoms with Crippen molar-refractivity contribution in [3.05, 3.63) is 59.1 Å². The molecule has 2 rings (SSSR count). The normalized spacial score (nSPS) is 10.2. The number of anilines is 1. The standard InChI is InChI=1S/C16H17ClN2O2/c1-21-15-8-6-14(7-9-15)19-16(20)11-18-10-12-2-4-13(17)5-3-12/h2-9,18H,10-11H2,1H3,(H,19,20). The van der Waals surface area contributed by atoms with Crippen molar-refractivity contribution in [1.29, 1.82) is 0 Å². The van der Waals surface area contributed by atoms with Crippen LogP contribution in [0.1, 0.15) is 5.56 Å². The summed E-state index contributed by atoms with van der Waals surface area (Å²) in [7, 11) is 1.61. The molecule has 2 N–H and O–H groups in total. The van der Waals surface area contributed by atoms with Crippen molar-refractivity contribution >= 4 is 23.2 Å². The molecule has 0 aliphatic heterocycles. The van der Waals surface area contributed by atoms with E-state index in [4.69, 9.17) is 16.3 Å². The Morgan fingerprint density at radius 1 is 1.10 bits per heavy atom. The highest BCUT2D eigenvalue weighted by atomic mass is 35.5. The number of hydrogen-bond acceptors (Lipinski definition) is 3. The van der Waals surface area contributed by atoms with E-state index >= 15 is 0 Å². The largest absolute Gasteiger partial charge is 0.497 e. The molecule has 0 saturated carbocycles. The Morgan fingerprint density at radius 3 is 2.38 bits per heavy atom. The summed E-state index contributed by atoms with van der Waals surface area (Å²) >= 11 is 5.81. The Balaban J connectivity index is 1.75. The first-order chi connectivity index (χ1) is 10.2. The van der Waals surface area contributed by atoms with Gasteiger partial charge in [0.05, 0.1) is 13.7 Å². The molecule has 2 aromatic carbocycles.